The average Bonchev–Trinajstić information content (AvgIpc) is 2.55. The van der Waals surface area contributed by atoms with Crippen LogP contribution in [0.5, 0.6) is 0 Å². The van der Waals surface area contributed by atoms with Gasteiger partial charge in [-0.25, -0.2) is 17.5 Å². The van der Waals surface area contributed by atoms with Gasteiger partial charge in [-0.2, -0.15) is 0 Å². The Morgan fingerprint density at radius 2 is 1.71 bits per heavy atom. The molecule has 1 unspecified atom stereocenters. The first-order valence-electron chi connectivity index (χ1n) is 7.52. The van der Waals surface area contributed by atoms with Crippen molar-refractivity contribution < 1.29 is 12.8 Å². The van der Waals surface area contributed by atoms with Gasteiger partial charge in [0.05, 0.1) is 0 Å². The standard InChI is InChI=1S/C18H21FN2O2S/c1-21(2)18(16-8-10-17(19)11-9-16)14-20-24(22,23)13-12-15-6-4-3-5-7-15/h3-13,18,20H,14H2,1-2H3/b13-12+. The highest BCUT2D eigenvalue weighted by Crippen LogP contribution is 2.18. The van der Waals surface area contributed by atoms with E-state index in [1.54, 1.807) is 18.2 Å². The zero-order valence-corrected chi connectivity index (χ0v) is 14.5. The Balaban J connectivity index is 2.05. The molecular weight excluding hydrogens is 327 g/mol. The maximum Gasteiger partial charge on any atom is 0.233 e. The Morgan fingerprint density at radius 1 is 1.08 bits per heavy atom. The molecule has 24 heavy (non-hydrogen) atoms. The molecule has 0 fully saturated rings. The van der Waals surface area contributed by atoms with Gasteiger partial charge in [-0.05, 0) is 43.4 Å². The molecule has 2 rings (SSSR count). The number of hydrogen-bond donors (Lipinski definition) is 1. The molecule has 1 atom stereocenters. The molecule has 0 radical (unpaired) electrons. The Labute approximate surface area is 142 Å². The van der Waals surface area contributed by atoms with Crippen LogP contribution in [0, 0.1) is 5.82 Å². The third-order valence-corrected chi connectivity index (χ3v) is 4.66. The van der Waals surface area contributed by atoms with Gasteiger partial charge in [-0.15, -0.1) is 0 Å². The molecule has 1 N–H and O–H groups in total. The highest BCUT2D eigenvalue weighted by molar-refractivity contribution is 7.92. The quantitative estimate of drug-likeness (QED) is 0.837. The van der Waals surface area contributed by atoms with Crippen molar-refractivity contribution in [3.05, 3.63) is 76.9 Å². The van der Waals surface area contributed by atoms with E-state index in [2.05, 4.69) is 4.72 Å². The van der Waals surface area contributed by atoms with Crippen molar-refractivity contribution in [1.29, 1.82) is 0 Å². The van der Waals surface area contributed by atoms with E-state index >= 15 is 0 Å². The fourth-order valence-corrected chi connectivity index (χ4v) is 3.08. The predicted molar refractivity (Wildman–Crippen MR) is 95.2 cm³/mol. The monoisotopic (exact) mass is 348 g/mol. The summed E-state index contributed by atoms with van der Waals surface area (Å²) in [7, 11) is 0.143. The second-order valence-electron chi connectivity index (χ2n) is 5.64. The van der Waals surface area contributed by atoms with Gasteiger partial charge in [0.25, 0.3) is 0 Å². The van der Waals surface area contributed by atoms with Crippen molar-refractivity contribution in [2.45, 2.75) is 6.04 Å². The molecule has 0 heterocycles. The van der Waals surface area contributed by atoms with Crippen molar-refractivity contribution in [3.8, 4) is 0 Å². The number of rotatable bonds is 7. The van der Waals surface area contributed by atoms with Crippen LogP contribution in [0.15, 0.2) is 60.0 Å². The molecule has 0 spiro atoms. The van der Waals surface area contributed by atoms with Crippen LogP contribution >= 0.6 is 0 Å². The summed E-state index contributed by atoms with van der Waals surface area (Å²) >= 11 is 0. The van der Waals surface area contributed by atoms with Crippen molar-refractivity contribution in [2.24, 2.45) is 0 Å². The van der Waals surface area contributed by atoms with Crippen molar-refractivity contribution in [1.82, 2.24) is 9.62 Å². The molecule has 0 bridgehead atoms. The number of nitrogens with zero attached hydrogens (tertiary/aromatic N) is 1. The van der Waals surface area contributed by atoms with E-state index in [9.17, 15) is 12.8 Å². The Kier molecular flexibility index (Phi) is 6.25. The summed E-state index contributed by atoms with van der Waals surface area (Å²) in [6.07, 6.45) is 1.55. The molecule has 0 amide bonds. The topological polar surface area (TPSA) is 49.4 Å². The first-order valence-corrected chi connectivity index (χ1v) is 9.07. The molecule has 2 aromatic rings. The van der Waals surface area contributed by atoms with E-state index in [1.807, 2.05) is 49.3 Å². The molecule has 0 aliphatic carbocycles. The number of hydrogen-bond acceptors (Lipinski definition) is 3. The van der Waals surface area contributed by atoms with Crippen LogP contribution in [0.4, 0.5) is 4.39 Å². The zero-order chi connectivity index (χ0) is 17.6. The van der Waals surface area contributed by atoms with Gasteiger partial charge in [0, 0.05) is 18.0 Å². The number of sulfonamides is 1. The summed E-state index contributed by atoms with van der Waals surface area (Å²) in [5.41, 5.74) is 1.65. The number of nitrogens with one attached hydrogen (secondary N) is 1. The van der Waals surface area contributed by atoms with E-state index in [4.69, 9.17) is 0 Å². The predicted octanol–water partition coefficient (Wildman–Crippen LogP) is 3.02. The molecule has 6 heteroatoms. The normalized spacial score (nSPS) is 13.5. The molecule has 0 saturated carbocycles. The summed E-state index contributed by atoms with van der Waals surface area (Å²) in [4.78, 5) is 1.89. The molecular formula is C18H21FN2O2S. The van der Waals surface area contributed by atoms with Gasteiger partial charge >= 0.3 is 0 Å². The SMILES string of the molecule is CN(C)C(CNS(=O)(=O)/C=C/c1ccccc1)c1ccc(F)cc1. The van der Waals surface area contributed by atoms with Crippen LogP contribution in [0.2, 0.25) is 0 Å². The van der Waals surface area contributed by atoms with E-state index in [-0.39, 0.29) is 18.4 Å². The molecule has 4 nitrogen and oxygen atoms in total. The van der Waals surface area contributed by atoms with Gasteiger partial charge in [0.2, 0.25) is 10.0 Å². The van der Waals surface area contributed by atoms with Gasteiger partial charge < -0.3 is 4.90 Å². The molecule has 0 aliphatic heterocycles. The van der Waals surface area contributed by atoms with E-state index in [1.165, 1.54) is 12.1 Å². The average molecular weight is 348 g/mol. The second kappa shape index (κ2) is 8.19. The first kappa shape index (κ1) is 18.3. The maximum absolute atomic E-state index is 13.1. The zero-order valence-electron chi connectivity index (χ0n) is 13.7. The Morgan fingerprint density at radius 3 is 2.29 bits per heavy atom. The molecule has 2 aromatic carbocycles. The fraction of sp³-hybridized carbons (Fsp3) is 0.222. The molecule has 0 aromatic heterocycles. The molecule has 0 aliphatic rings. The number of likely N-dealkylation sites (N-methyl/N-ethyl adjacent to an activating group) is 1. The van der Waals surface area contributed by atoms with Crippen LogP contribution in [0.1, 0.15) is 17.2 Å². The lowest BCUT2D eigenvalue weighted by Gasteiger charge is -2.24. The summed E-state index contributed by atoms with van der Waals surface area (Å²) in [5, 5.41) is 1.15. The lowest BCUT2D eigenvalue weighted by Crippen LogP contribution is -2.33. The van der Waals surface area contributed by atoms with E-state index in [0.29, 0.717) is 0 Å². The van der Waals surface area contributed by atoms with E-state index in [0.717, 1.165) is 16.5 Å². The summed E-state index contributed by atoms with van der Waals surface area (Å²) in [5.74, 6) is -0.317. The maximum atomic E-state index is 13.1. The highest BCUT2D eigenvalue weighted by atomic mass is 32.2. The minimum absolute atomic E-state index is 0.189. The first-order chi connectivity index (χ1) is 11.4. The van der Waals surface area contributed by atoms with Crippen LogP contribution in [0.3, 0.4) is 0 Å². The largest absolute Gasteiger partial charge is 0.301 e. The van der Waals surface area contributed by atoms with Gasteiger partial charge in [-0.3, -0.25) is 0 Å². The highest BCUT2D eigenvalue weighted by Gasteiger charge is 2.16. The third kappa shape index (κ3) is 5.56. The smallest absolute Gasteiger partial charge is 0.233 e. The van der Waals surface area contributed by atoms with Crippen molar-refractivity contribution in [2.75, 3.05) is 20.6 Å². The van der Waals surface area contributed by atoms with Crippen LogP contribution in [-0.4, -0.2) is 34.0 Å². The van der Waals surface area contributed by atoms with Gasteiger partial charge in [0.15, 0.2) is 0 Å². The minimum atomic E-state index is -3.56. The van der Waals surface area contributed by atoms with Crippen LogP contribution < -0.4 is 4.72 Å². The summed E-state index contributed by atoms with van der Waals surface area (Å²) < 4.78 is 39.9. The Hall–Kier alpha value is -2.02. The van der Waals surface area contributed by atoms with Crippen molar-refractivity contribution in [3.63, 3.8) is 0 Å². The van der Waals surface area contributed by atoms with Gasteiger partial charge in [-0.1, -0.05) is 42.5 Å². The second-order valence-corrected chi connectivity index (χ2v) is 7.29. The number of halogens is 1. The van der Waals surface area contributed by atoms with Crippen LogP contribution in [0.25, 0.3) is 6.08 Å². The summed E-state index contributed by atoms with van der Waals surface area (Å²) in [6.45, 7) is 0.195. The molecule has 0 saturated heterocycles. The van der Waals surface area contributed by atoms with Gasteiger partial charge in [0.1, 0.15) is 5.82 Å². The number of benzene rings is 2. The lowest BCUT2D eigenvalue weighted by atomic mass is 10.1. The lowest BCUT2D eigenvalue weighted by molar-refractivity contribution is 0.299. The third-order valence-electron chi connectivity index (χ3n) is 3.60. The minimum Gasteiger partial charge on any atom is -0.301 e. The molecule has 128 valence electrons. The Bertz CT molecular complexity index is 772. The van der Waals surface area contributed by atoms with Crippen LogP contribution in [-0.2, 0) is 10.0 Å². The van der Waals surface area contributed by atoms with Crippen molar-refractivity contribution >= 4 is 16.1 Å². The van der Waals surface area contributed by atoms with E-state index < -0.39 is 10.0 Å². The summed E-state index contributed by atoms with van der Waals surface area (Å²) in [6, 6.07) is 15.1. The fourth-order valence-electron chi connectivity index (χ4n) is 2.26.